The van der Waals surface area contributed by atoms with Crippen LogP contribution in [0.3, 0.4) is 0 Å². The zero-order valence-corrected chi connectivity index (χ0v) is 16.9. The fourth-order valence-electron chi connectivity index (χ4n) is 2.98. The van der Waals surface area contributed by atoms with Crippen LogP contribution in [-0.2, 0) is 19.9 Å². The second-order valence-corrected chi connectivity index (χ2v) is 7.09. The maximum absolute atomic E-state index is 13.1. The van der Waals surface area contributed by atoms with Gasteiger partial charge in [0.2, 0.25) is 0 Å². The molecular formula is C21H28N2O5. The van der Waals surface area contributed by atoms with E-state index in [9.17, 15) is 14.4 Å². The summed E-state index contributed by atoms with van der Waals surface area (Å²) in [6.07, 6.45) is 0.950. The predicted molar refractivity (Wildman–Crippen MR) is 105 cm³/mol. The Morgan fingerprint density at radius 1 is 1.25 bits per heavy atom. The van der Waals surface area contributed by atoms with Gasteiger partial charge in [0.25, 0.3) is 5.91 Å². The highest BCUT2D eigenvalue weighted by Crippen LogP contribution is 2.32. The molecule has 2 rings (SSSR count). The number of imide groups is 1. The molecule has 1 saturated heterocycles. The summed E-state index contributed by atoms with van der Waals surface area (Å²) in [7, 11) is 0. The molecule has 2 unspecified atom stereocenters. The number of ether oxygens (including phenoxy) is 2. The van der Waals surface area contributed by atoms with Crippen molar-refractivity contribution in [3.8, 4) is 5.75 Å². The van der Waals surface area contributed by atoms with Crippen molar-refractivity contribution in [3.63, 3.8) is 0 Å². The quantitative estimate of drug-likeness (QED) is 0.399. The van der Waals surface area contributed by atoms with Crippen molar-refractivity contribution in [1.29, 1.82) is 0 Å². The van der Waals surface area contributed by atoms with Gasteiger partial charge < -0.3 is 14.8 Å². The van der Waals surface area contributed by atoms with Crippen LogP contribution in [0.2, 0.25) is 0 Å². The topological polar surface area (TPSA) is 84.9 Å². The minimum absolute atomic E-state index is 0.252. The minimum Gasteiger partial charge on any atom is -0.489 e. The normalized spacial score (nSPS) is 19.9. The van der Waals surface area contributed by atoms with Gasteiger partial charge in [0.1, 0.15) is 23.9 Å². The first-order chi connectivity index (χ1) is 13.2. The molecule has 7 heteroatoms. The van der Waals surface area contributed by atoms with Gasteiger partial charge in [0.05, 0.1) is 6.61 Å². The van der Waals surface area contributed by atoms with Gasteiger partial charge in [-0.2, -0.15) is 0 Å². The van der Waals surface area contributed by atoms with E-state index in [0.717, 1.165) is 10.5 Å². The van der Waals surface area contributed by atoms with Crippen LogP contribution in [0.5, 0.6) is 5.75 Å². The number of benzene rings is 1. The number of nitrogens with one attached hydrogen (secondary N) is 1. The molecule has 0 spiro atoms. The molecule has 0 aromatic heterocycles. The van der Waals surface area contributed by atoms with E-state index in [2.05, 4.69) is 11.9 Å². The van der Waals surface area contributed by atoms with E-state index in [1.54, 1.807) is 38.1 Å². The highest BCUT2D eigenvalue weighted by atomic mass is 16.5. The molecule has 0 radical (unpaired) electrons. The van der Waals surface area contributed by atoms with Gasteiger partial charge in [0.15, 0.2) is 0 Å². The van der Waals surface area contributed by atoms with Crippen LogP contribution < -0.4 is 10.1 Å². The Hall–Kier alpha value is -2.83. The zero-order chi connectivity index (χ0) is 20.9. The summed E-state index contributed by atoms with van der Waals surface area (Å²) in [6, 6.07) is 5.38. The van der Waals surface area contributed by atoms with Gasteiger partial charge in [-0.25, -0.2) is 14.5 Å². The number of nitrogens with zero attached hydrogens (tertiary/aromatic N) is 1. The lowest BCUT2D eigenvalue weighted by atomic mass is 9.91. The Morgan fingerprint density at radius 2 is 1.89 bits per heavy atom. The third-order valence-corrected chi connectivity index (χ3v) is 4.56. The molecule has 1 aliphatic heterocycles. The van der Waals surface area contributed by atoms with Gasteiger partial charge >= 0.3 is 12.0 Å². The number of esters is 1. The number of hydrogen-bond acceptors (Lipinski definition) is 5. The summed E-state index contributed by atoms with van der Waals surface area (Å²) in [6.45, 7) is 11.5. The van der Waals surface area contributed by atoms with Gasteiger partial charge in [-0.3, -0.25) is 4.79 Å². The van der Waals surface area contributed by atoms with Gasteiger partial charge in [-0.05, 0) is 50.0 Å². The molecule has 1 heterocycles. The molecule has 152 valence electrons. The summed E-state index contributed by atoms with van der Waals surface area (Å²) < 4.78 is 10.7. The second-order valence-electron chi connectivity index (χ2n) is 7.09. The molecule has 1 aromatic rings. The molecule has 7 nitrogen and oxygen atoms in total. The SMILES string of the molecule is C=C(C)COc1ccc(C2(C)NC(=O)N(C(CC)C(=O)OCCC)C2=O)cc1. The summed E-state index contributed by atoms with van der Waals surface area (Å²) in [5.74, 6) is -0.410. The monoisotopic (exact) mass is 388 g/mol. The number of urea groups is 1. The van der Waals surface area contributed by atoms with Gasteiger partial charge in [-0.15, -0.1) is 0 Å². The third kappa shape index (κ3) is 4.35. The number of carbonyl (C=O) groups is 3. The first-order valence-electron chi connectivity index (χ1n) is 9.44. The average Bonchev–Trinajstić information content (AvgIpc) is 2.90. The minimum atomic E-state index is -1.26. The molecule has 0 bridgehead atoms. The Morgan fingerprint density at radius 3 is 2.43 bits per heavy atom. The highest BCUT2D eigenvalue weighted by molar-refractivity contribution is 6.09. The van der Waals surface area contributed by atoms with Crippen molar-refractivity contribution in [2.24, 2.45) is 0 Å². The van der Waals surface area contributed by atoms with Crippen molar-refractivity contribution < 1.29 is 23.9 Å². The van der Waals surface area contributed by atoms with Crippen LogP contribution in [0.25, 0.3) is 0 Å². The summed E-state index contributed by atoms with van der Waals surface area (Å²) in [4.78, 5) is 38.9. The molecule has 1 aromatic carbocycles. The van der Waals surface area contributed by atoms with Crippen molar-refractivity contribution >= 4 is 17.9 Å². The van der Waals surface area contributed by atoms with E-state index in [1.807, 2.05) is 13.8 Å². The van der Waals surface area contributed by atoms with Crippen LogP contribution in [0.4, 0.5) is 4.79 Å². The van der Waals surface area contributed by atoms with Crippen molar-refractivity contribution in [2.45, 2.75) is 52.1 Å². The van der Waals surface area contributed by atoms with E-state index < -0.39 is 29.5 Å². The van der Waals surface area contributed by atoms with Crippen molar-refractivity contribution in [3.05, 3.63) is 42.0 Å². The standard InChI is InChI=1S/C21H28N2O5/c1-6-12-27-18(24)17(7-2)23-19(25)21(5,22-20(23)26)15-8-10-16(11-9-15)28-13-14(3)4/h8-11,17H,3,6-7,12-13H2,1-2,4-5H3,(H,22,26). The number of carbonyl (C=O) groups excluding carboxylic acids is 3. The van der Waals surface area contributed by atoms with Crippen molar-refractivity contribution in [1.82, 2.24) is 10.2 Å². The maximum atomic E-state index is 13.1. The number of amides is 3. The smallest absolute Gasteiger partial charge is 0.329 e. The molecule has 28 heavy (non-hydrogen) atoms. The Kier molecular flexibility index (Phi) is 6.83. The Bertz CT molecular complexity index is 759. The molecule has 0 aliphatic carbocycles. The Labute approximate surface area is 165 Å². The van der Waals surface area contributed by atoms with E-state index in [4.69, 9.17) is 9.47 Å². The molecule has 0 saturated carbocycles. The van der Waals surface area contributed by atoms with Crippen LogP contribution in [0, 0.1) is 0 Å². The van der Waals surface area contributed by atoms with E-state index in [0.29, 0.717) is 24.3 Å². The molecule has 3 amide bonds. The van der Waals surface area contributed by atoms with E-state index in [1.165, 1.54) is 0 Å². The lowest BCUT2D eigenvalue weighted by Crippen LogP contribution is -2.47. The first-order valence-corrected chi connectivity index (χ1v) is 9.44. The molecule has 2 atom stereocenters. The van der Waals surface area contributed by atoms with Gasteiger partial charge in [-0.1, -0.05) is 32.6 Å². The largest absolute Gasteiger partial charge is 0.489 e. The number of rotatable bonds is 9. The third-order valence-electron chi connectivity index (χ3n) is 4.56. The fourth-order valence-corrected chi connectivity index (χ4v) is 2.98. The zero-order valence-electron chi connectivity index (χ0n) is 16.9. The summed E-state index contributed by atoms with van der Waals surface area (Å²) >= 11 is 0. The fraction of sp³-hybridized carbons (Fsp3) is 0.476. The van der Waals surface area contributed by atoms with Crippen LogP contribution in [-0.4, -0.2) is 42.1 Å². The summed E-state index contributed by atoms with van der Waals surface area (Å²) in [5.41, 5.74) is 0.237. The maximum Gasteiger partial charge on any atom is 0.329 e. The molecule has 1 N–H and O–H groups in total. The highest BCUT2D eigenvalue weighted by Gasteiger charge is 2.52. The van der Waals surface area contributed by atoms with E-state index >= 15 is 0 Å². The second kappa shape index (κ2) is 8.91. The van der Waals surface area contributed by atoms with Crippen LogP contribution >= 0.6 is 0 Å². The van der Waals surface area contributed by atoms with E-state index in [-0.39, 0.29) is 13.0 Å². The van der Waals surface area contributed by atoms with Crippen LogP contribution in [0.1, 0.15) is 46.1 Å². The Balaban J connectivity index is 2.22. The lowest BCUT2D eigenvalue weighted by molar-refractivity contribution is -0.153. The van der Waals surface area contributed by atoms with Crippen molar-refractivity contribution in [2.75, 3.05) is 13.2 Å². The first kappa shape index (κ1) is 21.5. The number of hydrogen-bond donors (Lipinski definition) is 1. The summed E-state index contributed by atoms with van der Waals surface area (Å²) in [5, 5.41) is 2.72. The molecule has 1 aliphatic rings. The molecular weight excluding hydrogens is 360 g/mol. The lowest BCUT2D eigenvalue weighted by Gasteiger charge is -2.25. The predicted octanol–water partition coefficient (Wildman–Crippen LogP) is 3.14. The molecule has 1 fully saturated rings. The van der Waals surface area contributed by atoms with Gasteiger partial charge in [0, 0.05) is 0 Å². The average molecular weight is 388 g/mol. The van der Waals surface area contributed by atoms with Crippen LogP contribution in [0.15, 0.2) is 36.4 Å².